The van der Waals surface area contributed by atoms with Gasteiger partial charge in [0, 0.05) is 6.42 Å². The number of hydrogen-bond acceptors (Lipinski definition) is 8. The molecule has 0 bridgehead atoms. The summed E-state index contributed by atoms with van der Waals surface area (Å²) in [7, 11) is 0. The molecular weight excluding hydrogens is 875 g/mol. The van der Waals surface area contributed by atoms with Crippen LogP contribution < -0.4 is 5.32 Å². The normalized spacial score (nSPS) is 20.6. The van der Waals surface area contributed by atoms with Crippen molar-refractivity contribution in [1.82, 2.24) is 5.32 Å². The quantitative estimate of drug-likeness (QED) is 0.0261. The summed E-state index contributed by atoms with van der Waals surface area (Å²) in [6.45, 7) is 3.57. The van der Waals surface area contributed by atoms with Gasteiger partial charge in [0.05, 0.1) is 25.4 Å². The van der Waals surface area contributed by atoms with Crippen LogP contribution in [0.25, 0.3) is 0 Å². The average Bonchev–Trinajstić information content (AvgIpc) is 3.36. The Hall–Kier alpha value is -3.93. The average molecular weight is 972 g/mol. The molecule has 1 fully saturated rings. The van der Waals surface area contributed by atoms with Crippen LogP contribution in [0.5, 0.6) is 0 Å². The van der Waals surface area contributed by atoms with Crippen molar-refractivity contribution in [3.63, 3.8) is 0 Å². The summed E-state index contributed by atoms with van der Waals surface area (Å²) in [5.74, 6) is -0.207. The van der Waals surface area contributed by atoms with Crippen molar-refractivity contribution >= 4 is 5.91 Å². The van der Waals surface area contributed by atoms with Crippen molar-refractivity contribution in [2.75, 3.05) is 13.2 Å². The first kappa shape index (κ1) is 64.1. The Balaban J connectivity index is 2.16. The third kappa shape index (κ3) is 37.8. The van der Waals surface area contributed by atoms with Gasteiger partial charge in [-0.3, -0.25) is 4.79 Å². The predicted molar refractivity (Wildman–Crippen MR) is 294 cm³/mol. The summed E-state index contributed by atoms with van der Waals surface area (Å²) >= 11 is 0. The largest absolute Gasteiger partial charge is 0.394 e. The highest BCUT2D eigenvalue weighted by Gasteiger charge is 2.44. The number of ether oxygens (including phenoxy) is 2. The van der Waals surface area contributed by atoms with Crippen LogP contribution in [-0.4, -0.2) is 87.5 Å². The summed E-state index contributed by atoms with van der Waals surface area (Å²) in [4.78, 5) is 12.9. The standard InChI is InChI=1S/C61H97NO8/c1-3-5-7-9-11-13-14-15-16-17-18-19-20-21-22-23-24-25-26-27-28-29-30-31-32-33-34-35-36-37-38-39-40-41-42-43-45-47-49-51-57(65)62-54(55(64)50-48-46-44-12-10-8-6-4-2)53-69-61-60(68)59(67)58(66)56(52-63)70-61/h5,7,11,13,15-16,18-19,21-22,24-25,27-28,30-31,33-34,36-37,39-40,48,50,54-56,58-61,63-64,66-68H,3-4,6,8-10,12,14,17,20,23,26,29,32,35,38,41-47,49,51-53H2,1-2H3,(H,62,65)/b7-5-,13-11-,16-15-,19-18-,22-21-,25-24-,28-27-,31-30-,34-33-,37-36-,40-39-,50-48+. The fourth-order valence-corrected chi connectivity index (χ4v) is 7.39. The third-order valence-electron chi connectivity index (χ3n) is 11.7. The van der Waals surface area contributed by atoms with E-state index in [0.29, 0.717) is 6.42 Å². The molecule has 1 rings (SSSR count). The number of rotatable bonds is 43. The molecule has 0 aromatic carbocycles. The molecule has 0 aromatic heterocycles. The molecule has 0 aromatic rings. The van der Waals surface area contributed by atoms with E-state index in [0.717, 1.165) is 128 Å². The second-order valence-corrected chi connectivity index (χ2v) is 17.9. The molecule has 1 heterocycles. The smallest absolute Gasteiger partial charge is 0.220 e. The molecule has 6 N–H and O–H groups in total. The molecule has 1 aliphatic rings. The van der Waals surface area contributed by atoms with Gasteiger partial charge in [0.15, 0.2) is 6.29 Å². The first-order valence-electron chi connectivity index (χ1n) is 27.1. The zero-order valence-electron chi connectivity index (χ0n) is 43.5. The van der Waals surface area contributed by atoms with E-state index in [2.05, 4.69) is 153 Å². The van der Waals surface area contributed by atoms with Crippen LogP contribution >= 0.6 is 0 Å². The lowest BCUT2D eigenvalue weighted by molar-refractivity contribution is -0.302. The van der Waals surface area contributed by atoms with E-state index >= 15 is 0 Å². The maximum absolute atomic E-state index is 12.9. The van der Waals surface area contributed by atoms with Crippen LogP contribution in [0.4, 0.5) is 0 Å². The molecule has 0 radical (unpaired) electrons. The number of aliphatic hydroxyl groups excluding tert-OH is 5. The number of hydrogen-bond donors (Lipinski definition) is 6. The zero-order valence-corrected chi connectivity index (χ0v) is 43.5. The number of allylic oxidation sites excluding steroid dienone is 23. The second-order valence-electron chi connectivity index (χ2n) is 17.9. The SMILES string of the molecule is CC/C=C\C/C=C\C/C=C\C/C=C\C/C=C\C/C=C\C/C=C\C/C=C\C/C=C\C/C=C\C/C=C\CCCCCCCC(=O)NC(COC1OC(CO)C(O)C(O)C1O)C(O)/C=C/CCCCCCCC. The molecule has 7 atom stereocenters. The molecule has 9 nitrogen and oxygen atoms in total. The maximum atomic E-state index is 12.9. The van der Waals surface area contributed by atoms with E-state index in [4.69, 9.17) is 9.47 Å². The predicted octanol–water partition coefficient (Wildman–Crippen LogP) is 13.1. The summed E-state index contributed by atoms with van der Waals surface area (Å²) in [6.07, 6.45) is 69.3. The topological polar surface area (TPSA) is 149 Å². The van der Waals surface area contributed by atoms with E-state index in [-0.39, 0.29) is 12.5 Å². The lowest BCUT2D eigenvalue weighted by atomic mass is 9.99. The van der Waals surface area contributed by atoms with Gasteiger partial charge in [-0.2, -0.15) is 0 Å². The van der Waals surface area contributed by atoms with Gasteiger partial charge in [0.2, 0.25) is 5.91 Å². The Morgan fingerprint density at radius 2 is 0.886 bits per heavy atom. The minimum Gasteiger partial charge on any atom is -0.394 e. The Morgan fingerprint density at radius 1 is 0.500 bits per heavy atom. The Labute approximate surface area is 425 Å². The van der Waals surface area contributed by atoms with Gasteiger partial charge >= 0.3 is 0 Å². The summed E-state index contributed by atoms with van der Waals surface area (Å²) in [5, 5.41) is 54.0. The second kappa shape index (κ2) is 48.7. The molecule has 70 heavy (non-hydrogen) atoms. The molecular formula is C61H97NO8. The highest BCUT2D eigenvalue weighted by molar-refractivity contribution is 5.76. The Bertz CT molecular complexity index is 1600. The van der Waals surface area contributed by atoms with Crippen LogP contribution in [0.1, 0.15) is 174 Å². The molecule has 0 aliphatic carbocycles. The summed E-state index contributed by atoms with van der Waals surface area (Å²) in [5.41, 5.74) is 0. The fourth-order valence-electron chi connectivity index (χ4n) is 7.39. The van der Waals surface area contributed by atoms with Crippen LogP contribution in [0.3, 0.4) is 0 Å². The van der Waals surface area contributed by atoms with Gasteiger partial charge in [0.1, 0.15) is 24.4 Å². The lowest BCUT2D eigenvalue weighted by Gasteiger charge is -2.40. The summed E-state index contributed by atoms with van der Waals surface area (Å²) in [6, 6.07) is -0.823. The number of amides is 1. The number of carbonyl (C=O) groups is 1. The minimum atomic E-state index is -1.58. The number of unbranched alkanes of at least 4 members (excludes halogenated alkanes) is 11. The van der Waals surface area contributed by atoms with Crippen molar-refractivity contribution in [2.45, 2.75) is 217 Å². The monoisotopic (exact) mass is 972 g/mol. The lowest BCUT2D eigenvalue weighted by Crippen LogP contribution is -2.60. The molecule has 7 unspecified atom stereocenters. The first-order valence-corrected chi connectivity index (χ1v) is 27.1. The molecule has 0 saturated carbocycles. The van der Waals surface area contributed by atoms with Crippen LogP contribution in [0.15, 0.2) is 146 Å². The van der Waals surface area contributed by atoms with Crippen molar-refractivity contribution < 1.29 is 39.8 Å². The Morgan fingerprint density at radius 3 is 1.31 bits per heavy atom. The van der Waals surface area contributed by atoms with Gasteiger partial charge in [-0.1, -0.05) is 211 Å². The van der Waals surface area contributed by atoms with E-state index in [1.54, 1.807) is 6.08 Å². The van der Waals surface area contributed by atoms with E-state index < -0.39 is 49.5 Å². The molecule has 1 aliphatic heterocycles. The van der Waals surface area contributed by atoms with Gasteiger partial charge in [-0.15, -0.1) is 0 Å². The molecule has 1 amide bonds. The van der Waals surface area contributed by atoms with Crippen molar-refractivity contribution in [3.8, 4) is 0 Å². The number of aliphatic hydroxyl groups is 5. The van der Waals surface area contributed by atoms with Crippen molar-refractivity contribution in [3.05, 3.63) is 146 Å². The molecule has 9 heteroatoms. The summed E-state index contributed by atoms with van der Waals surface area (Å²) < 4.78 is 11.2. The van der Waals surface area contributed by atoms with Crippen LogP contribution in [-0.2, 0) is 14.3 Å². The minimum absolute atomic E-state index is 0.206. The van der Waals surface area contributed by atoms with Gasteiger partial charge < -0.3 is 40.3 Å². The highest BCUT2D eigenvalue weighted by atomic mass is 16.7. The number of carbonyl (C=O) groups excluding carboxylic acids is 1. The van der Waals surface area contributed by atoms with E-state index in [1.165, 1.54) is 25.7 Å². The van der Waals surface area contributed by atoms with Gasteiger partial charge in [-0.25, -0.2) is 0 Å². The van der Waals surface area contributed by atoms with Gasteiger partial charge in [-0.05, 0) is 103 Å². The highest BCUT2D eigenvalue weighted by Crippen LogP contribution is 2.22. The van der Waals surface area contributed by atoms with E-state index in [1.807, 2.05) is 6.08 Å². The van der Waals surface area contributed by atoms with Crippen molar-refractivity contribution in [1.29, 1.82) is 0 Å². The zero-order chi connectivity index (χ0) is 50.8. The fraction of sp³-hybridized carbons (Fsp3) is 0.590. The van der Waals surface area contributed by atoms with E-state index in [9.17, 15) is 30.3 Å². The van der Waals surface area contributed by atoms with Crippen LogP contribution in [0, 0.1) is 0 Å². The molecule has 1 saturated heterocycles. The first-order chi connectivity index (χ1) is 34.3. The van der Waals surface area contributed by atoms with Crippen molar-refractivity contribution in [2.24, 2.45) is 0 Å². The van der Waals surface area contributed by atoms with Gasteiger partial charge in [0.25, 0.3) is 0 Å². The van der Waals surface area contributed by atoms with Crippen LogP contribution in [0.2, 0.25) is 0 Å². The molecule has 394 valence electrons. The maximum Gasteiger partial charge on any atom is 0.220 e. The third-order valence-corrected chi connectivity index (χ3v) is 11.7. The number of nitrogens with one attached hydrogen (secondary N) is 1. The Kier molecular flexibility index (Phi) is 44.6. The molecule has 0 spiro atoms.